The number of esters is 2. The van der Waals surface area contributed by atoms with Crippen molar-refractivity contribution < 1.29 is 33.3 Å². The molecule has 4 rings (SSSR count). The number of aromatic nitrogens is 2. The van der Waals surface area contributed by atoms with E-state index in [1.165, 1.54) is 4.68 Å². The van der Waals surface area contributed by atoms with Gasteiger partial charge in [0, 0.05) is 17.9 Å². The van der Waals surface area contributed by atoms with Crippen molar-refractivity contribution in [2.45, 2.75) is 45.6 Å². The normalized spacial score (nSPS) is 19.9. The van der Waals surface area contributed by atoms with E-state index < -0.39 is 17.9 Å². The number of hydrogen-bond donors (Lipinski definition) is 0. The molecular formula is C22H26N2O7. The van der Waals surface area contributed by atoms with E-state index in [0.717, 1.165) is 12.8 Å². The first-order valence-electron chi connectivity index (χ1n) is 10.7. The van der Waals surface area contributed by atoms with E-state index in [1.54, 1.807) is 26.0 Å². The predicted molar refractivity (Wildman–Crippen MR) is 107 cm³/mol. The number of ketones is 1. The largest absolute Gasteiger partial charge is 0.490 e. The minimum atomic E-state index is -0.596. The second kappa shape index (κ2) is 8.95. The predicted octanol–water partition coefficient (Wildman–Crippen LogP) is 2.52. The quantitative estimate of drug-likeness (QED) is 0.579. The van der Waals surface area contributed by atoms with E-state index in [2.05, 4.69) is 5.10 Å². The fourth-order valence-corrected chi connectivity index (χ4v) is 3.84. The number of allylic oxidation sites excluding steroid dienone is 3. The number of Topliss-reactive ketones (excluding diaryl/α,β-unsaturated/α-hetero) is 1. The second-order valence-electron chi connectivity index (χ2n) is 7.60. The summed E-state index contributed by atoms with van der Waals surface area (Å²) in [7, 11) is 0. The van der Waals surface area contributed by atoms with Crippen LogP contribution in [0.25, 0.3) is 0 Å². The number of carbonyl (C=O) groups excluding carboxylic acids is 3. The lowest BCUT2D eigenvalue weighted by Crippen LogP contribution is -2.26. The van der Waals surface area contributed by atoms with Crippen LogP contribution in [0.4, 0.5) is 0 Å². The molecule has 2 heterocycles. The zero-order valence-electron chi connectivity index (χ0n) is 17.7. The molecule has 0 radical (unpaired) electrons. The number of rotatable bonds is 8. The molecule has 0 amide bonds. The Kier molecular flexibility index (Phi) is 6.11. The Bertz CT molecular complexity index is 955. The van der Waals surface area contributed by atoms with Gasteiger partial charge in [0.15, 0.2) is 22.9 Å². The Morgan fingerprint density at radius 1 is 1.10 bits per heavy atom. The minimum Gasteiger partial charge on any atom is -0.490 e. The Morgan fingerprint density at radius 3 is 2.52 bits per heavy atom. The van der Waals surface area contributed by atoms with E-state index in [-0.39, 0.29) is 42.8 Å². The maximum Gasteiger partial charge on any atom is 0.359 e. The zero-order chi connectivity index (χ0) is 22.0. The Labute approximate surface area is 180 Å². The molecule has 0 spiro atoms. The first-order valence-corrected chi connectivity index (χ1v) is 10.7. The van der Waals surface area contributed by atoms with Crippen LogP contribution in [0.3, 0.4) is 0 Å². The van der Waals surface area contributed by atoms with Crippen LogP contribution in [0.2, 0.25) is 0 Å². The van der Waals surface area contributed by atoms with Gasteiger partial charge in [-0.1, -0.05) is 6.08 Å². The molecule has 0 bridgehead atoms. The molecule has 1 saturated carbocycles. The lowest BCUT2D eigenvalue weighted by atomic mass is 9.93. The van der Waals surface area contributed by atoms with E-state index >= 15 is 0 Å². The van der Waals surface area contributed by atoms with Crippen LogP contribution in [0.5, 0.6) is 0 Å². The Morgan fingerprint density at radius 2 is 1.81 bits per heavy atom. The molecule has 3 aliphatic rings. The molecule has 31 heavy (non-hydrogen) atoms. The summed E-state index contributed by atoms with van der Waals surface area (Å²) in [5.74, 6) is -0.420. The third kappa shape index (κ3) is 4.35. The lowest BCUT2D eigenvalue weighted by molar-refractivity contribution is -0.122. The van der Waals surface area contributed by atoms with Crippen molar-refractivity contribution >= 4 is 17.7 Å². The van der Waals surface area contributed by atoms with Crippen LogP contribution in [0.1, 0.15) is 65.6 Å². The highest BCUT2D eigenvalue weighted by Gasteiger charge is 2.39. The van der Waals surface area contributed by atoms with Gasteiger partial charge in [0.2, 0.25) is 0 Å². The summed E-state index contributed by atoms with van der Waals surface area (Å²) in [5, 5.41) is 4.34. The van der Waals surface area contributed by atoms with Crippen molar-refractivity contribution in [1.82, 2.24) is 9.78 Å². The fraction of sp³-hybridized carbons (Fsp3) is 0.545. The topological polar surface area (TPSA) is 106 Å². The molecule has 0 saturated heterocycles. The Hall–Kier alpha value is -3.10. The highest BCUT2D eigenvalue weighted by Crippen LogP contribution is 2.44. The van der Waals surface area contributed by atoms with Crippen LogP contribution >= 0.6 is 0 Å². The third-order valence-corrected chi connectivity index (χ3v) is 5.41. The van der Waals surface area contributed by atoms with Gasteiger partial charge >= 0.3 is 11.9 Å². The monoisotopic (exact) mass is 430 g/mol. The van der Waals surface area contributed by atoms with Crippen LogP contribution in [0, 0.1) is 5.92 Å². The molecule has 1 fully saturated rings. The van der Waals surface area contributed by atoms with Crippen molar-refractivity contribution in [2.75, 3.05) is 26.4 Å². The number of hydrogen-bond acceptors (Lipinski definition) is 8. The van der Waals surface area contributed by atoms with Gasteiger partial charge in [-0.15, -0.1) is 0 Å². The summed E-state index contributed by atoms with van der Waals surface area (Å²) in [6.07, 6.45) is 5.60. The van der Waals surface area contributed by atoms with Gasteiger partial charge in [-0.05, 0) is 38.7 Å². The first-order chi connectivity index (χ1) is 15.0. The van der Waals surface area contributed by atoms with E-state index in [0.29, 0.717) is 36.7 Å². The average Bonchev–Trinajstić information content (AvgIpc) is 3.54. The SMILES string of the molecule is CCOC(=O)c1nn(CC(=O)C2C=CC3=C(C2)OCCO3)c(C(=O)OCC)c1C1CC1. The van der Waals surface area contributed by atoms with E-state index in [4.69, 9.17) is 18.9 Å². The Balaban J connectivity index is 1.62. The van der Waals surface area contributed by atoms with Gasteiger partial charge in [0.1, 0.15) is 25.5 Å². The van der Waals surface area contributed by atoms with Crippen LogP contribution in [0.15, 0.2) is 23.7 Å². The summed E-state index contributed by atoms with van der Waals surface area (Å²) in [6, 6.07) is 0. The van der Waals surface area contributed by atoms with Crippen molar-refractivity contribution in [3.8, 4) is 0 Å². The first kappa shape index (κ1) is 21.1. The van der Waals surface area contributed by atoms with Crippen molar-refractivity contribution in [1.29, 1.82) is 0 Å². The van der Waals surface area contributed by atoms with Gasteiger partial charge in [-0.25, -0.2) is 14.3 Å². The summed E-state index contributed by atoms with van der Waals surface area (Å²) in [4.78, 5) is 38.3. The minimum absolute atomic E-state index is 0.0396. The summed E-state index contributed by atoms with van der Waals surface area (Å²) < 4.78 is 22.8. The van der Waals surface area contributed by atoms with Gasteiger partial charge < -0.3 is 18.9 Å². The van der Waals surface area contributed by atoms with Crippen LogP contribution < -0.4 is 0 Å². The van der Waals surface area contributed by atoms with Crippen LogP contribution in [-0.4, -0.2) is 53.9 Å². The molecular weight excluding hydrogens is 404 g/mol. The van der Waals surface area contributed by atoms with E-state index in [1.807, 2.05) is 0 Å². The standard InChI is InChI=1S/C22H26N2O7/c1-3-28-21(26)19-18(13-5-6-13)20(22(27)29-4-2)24(23-19)12-15(25)14-7-8-16-17(11-14)31-10-9-30-16/h7-8,13-14H,3-6,9-12H2,1-2H3. The van der Waals surface area contributed by atoms with Crippen LogP contribution in [-0.2, 0) is 30.3 Å². The van der Waals surface area contributed by atoms with E-state index in [9.17, 15) is 14.4 Å². The maximum absolute atomic E-state index is 13.1. The molecule has 2 aliphatic carbocycles. The zero-order valence-corrected chi connectivity index (χ0v) is 17.7. The number of ether oxygens (including phenoxy) is 4. The van der Waals surface area contributed by atoms with Gasteiger partial charge in [-0.3, -0.25) is 4.79 Å². The van der Waals surface area contributed by atoms with Crippen molar-refractivity contribution in [2.24, 2.45) is 5.92 Å². The molecule has 9 nitrogen and oxygen atoms in total. The van der Waals surface area contributed by atoms with Gasteiger partial charge in [-0.2, -0.15) is 5.10 Å². The lowest BCUT2D eigenvalue weighted by Gasteiger charge is -2.25. The van der Waals surface area contributed by atoms with Gasteiger partial charge in [0.25, 0.3) is 0 Å². The number of carbonyl (C=O) groups is 3. The fourth-order valence-electron chi connectivity index (χ4n) is 3.84. The molecule has 9 heteroatoms. The molecule has 1 unspecified atom stereocenters. The molecule has 166 valence electrons. The maximum atomic E-state index is 13.1. The summed E-state index contributed by atoms with van der Waals surface area (Å²) in [5.41, 5.74) is 0.781. The third-order valence-electron chi connectivity index (χ3n) is 5.41. The summed E-state index contributed by atoms with van der Waals surface area (Å²) in [6.45, 7) is 4.55. The molecule has 1 aromatic heterocycles. The van der Waals surface area contributed by atoms with Gasteiger partial charge in [0.05, 0.1) is 13.2 Å². The molecule has 0 aromatic carbocycles. The van der Waals surface area contributed by atoms with Crippen molar-refractivity contribution in [3.05, 3.63) is 40.6 Å². The number of nitrogens with zero attached hydrogens (tertiary/aromatic N) is 2. The average molecular weight is 430 g/mol. The second-order valence-corrected chi connectivity index (χ2v) is 7.60. The highest BCUT2D eigenvalue weighted by atomic mass is 16.6. The highest BCUT2D eigenvalue weighted by molar-refractivity contribution is 5.97. The summed E-state index contributed by atoms with van der Waals surface area (Å²) >= 11 is 0. The molecule has 1 aliphatic heterocycles. The molecule has 1 atom stereocenters. The smallest absolute Gasteiger partial charge is 0.359 e. The molecule has 1 aromatic rings. The van der Waals surface area contributed by atoms with Crippen molar-refractivity contribution in [3.63, 3.8) is 0 Å². The molecule has 0 N–H and O–H groups in total.